The minimum absolute atomic E-state index is 0.109. The van der Waals surface area contributed by atoms with Gasteiger partial charge in [-0.1, -0.05) is 44.2 Å². The lowest BCUT2D eigenvalue weighted by Crippen LogP contribution is -2.34. The molecule has 0 spiro atoms. The maximum absolute atomic E-state index is 12.3. The van der Waals surface area contributed by atoms with Crippen LogP contribution in [0.5, 0.6) is 0 Å². The van der Waals surface area contributed by atoms with Crippen molar-refractivity contribution in [1.82, 2.24) is 10.2 Å². The fourth-order valence-corrected chi connectivity index (χ4v) is 2.74. The van der Waals surface area contributed by atoms with Gasteiger partial charge < -0.3 is 15.5 Å². The zero-order valence-corrected chi connectivity index (χ0v) is 15.8. The van der Waals surface area contributed by atoms with Crippen LogP contribution < -0.4 is 10.6 Å². The molecule has 0 aliphatic heterocycles. The Morgan fingerprint density at radius 3 is 2.44 bits per heavy atom. The summed E-state index contributed by atoms with van der Waals surface area (Å²) in [4.78, 5) is 25.4. The van der Waals surface area contributed by atoms with Crippen LogP contribution in [0.25, 0.3) is 0 Å². The quantitative estimate of drug-likeness (QED) is 0.495. The number of nitro groups is 1. The van der Waals surface area contributed by atoms with Crippen LogP contribution >= 0.6 is 0 Å². The van der Waals surface area contributed by atoms with Gasteiger partial charge in [-0.3, -0.25) is 14.9 Å². The number of benzene rings is 2. The number of hydrogen-bond donors (Lipinski definition) is 2. The van der Waals surface area contributed by atoms with Crippen molar-refractivity contribution in [2.24, 2.45) is 0 Å². The smallest absolute Gasteiger partial charge is 0.293 e. The first-order valence-corrected chi connectivity index (χ1v) is 9.12. The Labute approximate surface area is 159 Å². The highest BCUT2D eigenvalue weighted by Gasteiger charge is 2.17. The van der Waals surface area contributed by atoms with Crippen LogP contribution in [-0.4, -0.2) is 41.9 Å². The monoisotopic (exact) mass is 370 g/mol. The molecule has 0 unspecified atom stereocenters. The third-order valence-electron chi connectivity index (χ3n) is 4.39. The fourth-order valence-electron chi connectivity index (χ4n) is 2.74. The Balaban J connectivity index is 2.03. The summed E-state index contributed by atoms with van der Waals surface area (Å²) in [7, 11) is 0. The van der Waals surface area contributed by atoms with Crippen LogP contribution in [-0.2, 0) is 6.54 Å². The summed E-state index contributed by atoms with van der Waals surface area (Å²) < 4.78 is 0. The number of carbonyl (C=O) groups excluding carboxylic acids is 1. The maximum atomic E-state index is 12.3. The van der Waals surface area contributed by atoms with Gasteiger partial charge in [-0.05, 0) is 30.8 Å². The van der Waals surface area contributed by atoms with Gasteiger partial charge in [0.1, 0.15) is 5.69 Å². The van der Waals surface area contributed by atoms with Gasteiger partial charge in [0, 0.05) is 31.3 Å². The molecule has 2 aromatic carbocycles. The van der Waals surface area contributed by atoms with Crippen LogP contribution in [0.3, 0.4) is 0 Å². The van der Waals surface area contributed by atoms with Crippen molar-refractivity contribution >= 4 is 17.3 Å². The first kappa shape index (κ1) is 20.4. The minimum atomic E-state index is -0.472. The van der Waals surface area contributed by atoms with E-state index in [9.17, 15) is 14.9 Å². The highest BCUT2D eigenvalue weighted by Crippen LogP contribution is 2.26. The van der Waals surface area contributed by atoms with E-state index in [0.29, 0.717) is 18.8 Å². The molecule has 0 atom stereocenters. The molecule has 0 aromatic heterocycles. The summed E-state index contributed by atoms with van der Waals surface area (Å²) in [5, 5.41) is 17.3. The lowest BCUT2D eigenvalue weighted by molar-refractivity contribution is -0.384. The number of rotatable bonds is 10. The molecular weight excluding hydrogens is 344 g/mol. The molecular formula is C20H26N4O3. The molecule has 27 heavy (non-hydrogen) atoms. The van der Waals surface area contributed by atoms with E-state index in [4.69, 9.17) is 0 Å². The normalized spacial score (nSPS) is 10.6. The second-order valence-electron chi connectivity index (χ2n) is 6.11. The van der Waals surface area contributed by atoms with Gasteiger partial charge in [0.15, 0.2) is 0 Å². The molecule has 0 saturated heterocycles. The van der Waals surface area contributed by atoms with Crippen molar-refractivity contribution in [3.63, 3.8) is 0 Å². The van der Waals surface area contributed by atoms with Gasteiger partial charge in [-0.2, -0.15) is 0 Å². The summed E-state index contributed by atoms with van der Waals surface area (Å²) in [6.07, 6.45) is 0. The number of anilines is 1. The Morgan fingerprint density at radius 1 is 1.11 bits per heavy atom. The van der Waals surface area contributed by atoms with Crippen molar-refractivity contribution in [2.45, 2.75) is 20.4 Å². The predicted octanol–water partition coefficient (Wildman–Crippen LogP) is 3.28. The highest BCUT2D eigenvalue weighted by atomic mass is 16.6. The molecule has 0 heterocycles. The summed E-state index contributed by atoms with van der Waals surface area (Å²) in [6.45, 7) is 7.68. The van der Waals surface area contributed by atoms with Crippen molar-refractivity contribution in [2.75, 3.05) is 31.5 Å². The zero-order chi connectivity index (χ0) is 19.6. The van der Waals surface area contributed by atoms with Crippen LogP contribution in [0.1, 0.15) is 29.8 Å². The molecule has 0 bridgehead atoms. The number of amides is 1. The molecule has 2 aromatic rings. The standard InChI is InChI=1S/C20H26N4O3/c1-3-23(4-2)13-12-21-20(25)17-10-11-18(19(14-17)24(26)27)22-15-16-8-6-5-7-9-16/h5-11,14,22H,3-4,12-13,15H2,1-2H3,(H,21,25). The fraction of sp³-hybridized carbons (Fsp3) is 0.350. The predicted molar refractivity (Wildman–Crippen MR) is 107 cm³/mol. The Bertz CT molecular complexity index is 761. The maximum Gasteiger partial charge on any atom is 0.293 e. The van der Waals surface area contributed by atoms with Gasteiger partial charge >= 0.3 is 0 Å². The van der Waals surface area contributed by atoms with Crippen molar-refractivity contribution in [3.8, 4) is 0 Å². The van der Waals surface area contributed by atoms with Gasteiger partial charge in [0.2, 0.25) is 0 Å². The largest absolute Gasteiger partial charge is 0.375 e. The van der Waals surface area contributed by atoms with E-state index in [0.717, 1.165) is 25.2 Å². The number of hydrogen-bond acceptors (Lipinski definition) is 5. The van der Waals surface area contributed by atoms with Gasteiger partial charge in [-0.15, -0.1) is 0 Å². The lowest BCUT2D eigenvalue weighted by atomic mass is 10.1. The third-order valence-corrected chi connectivity index (χ3v) is 4.39. The van der Waals surface area contributed by atoms with Crippen LogP contribution in [0.15, 0.2) is 48.5 Å². The van der Waals surface area contributed by atoms with Crippen molar-refractivity contribution in [3.05, 3.63) is 69.8 Å². The van der Waals surface area contributed by atoms with Gasteiger partial charge in [0.05, 0.1) is 4.92 Å². The molecule has 1 amide bonds. The van der Waals surface area contributed by atoms with E-state index >= 15 is 0 Å². The molecule has 2 N–H and O–H groups in total. The highest BCUT2D eigenvalue weighted by molar-refractivity contribution is 5.95. The lowest BCUT2D eigenvalue weighted by Gasteiger charge is -2.18. The van der Waals surface area contributed by atoms with Crippen molar-refractivity contribution in [1.29, 1.82) is 0 Å². The van der Waals surface area contributed by atoms with Crippen LogP contribution in [0, 0.1) is 10.1 Å². The molecule has 0 fully saturated rings. The van der Waals surface area contributed by atoms with E-state index < -0.39 is 4.92 Å². The number of nitro benzene ring substituents is 1. The zero-order valence-electron chi connectivity index (χ0n) is 15.8. The topological polar surface area (TPSA) is 87.5 Å². The van der Waals surface area contributed by atoms with Gasteiger partial charge in [0.25, 0.3) is 11.6 Å². The van der Waals surface area contributed by atoms with Gasteiger partial charge in [-0.25, -0.2) is 0 Å². The summed E-state index contributed by atoms with van der Waals surface area (Å²) in [5.41, 5.74) is 1.59. The summed E-state index contributed by atoms with van der Waals surface area (Å²) in [5.74, 6) is -0.306. The SMILES string of the molecule is CCN(CC)CCNC(=O)c1ccc(NCc2ccccc2)c([N+](=O)[O-])c1. The van der Waals surface area contributed by atoms with E-state index in [1.807, 2.05) is 30.3 Å². The van der Waals surface area contributed by atoms with Crippen LogP contribution in [0.2, 0.25) is 0 Å². The molecule has 7 nitrogen and oxygen atoms in total. The first-order valence-electron chi connectivity index (χ1n) is 9.12. The molecule has 0 radical (unpaired) electrons. The minimum Gasteiger partial charge on any atom is -0.375 e. The second kappa shape index (κ2) is 10.3. The Morgan fingerprint density at radius 2 is 1.81 bits per heavy atom. The van der Waals surface area contributed by atoms with E-state index in [2.05, 4.69) is 29.4 Å². The average molecular weight is 370 g/mol. The number of carbonyl (C=O) groups is 1. The second-order valence-corrected chi connectivity index (χ2v) is 6.11. The average Bonchev–Trinajstić information content (AvgIpc) is 2.70. The molecule has 0 aliphatic rings. The van der Waals surface area contributed by atoms with E-state index in [-0.39, 0.29) is 17.2 Å². The number of nitrogens with one attached hydrogen (secondary N) is 2. The van der Waals surface area contributed by atoms with E-state index in [1.54, 1.807) is 12.1 Å². The number of nitrogens with zero attached hydrogens (tertiary/aromatic N) is 2. The molecule has 2 rings (SSSR count). The van der Waals surface area contributed by atoms with Crippen LogP contribution in [0.4, 0.5) is 11.4 Å². The molecule has 0 aliphatic carbocycles. The van der Waals surface area contributed by atoms with Crippen molar-refractivity contribution < 1.29 is 9.72 Å². The summed E-state index contributed by atoms with van der Waals surface area (Å²) >= 11 is 0. The first-order chi connectivity index (χ1) is 13.0. The number of likely N-dealkylation sites (N-methyl/N-ethyl adjacent to an activating group) is 1. The molecule has 7 heteroatoms. The van der Waals surface area contributed by atoms with E-state index in [1.165, 1.54) is 6.07 Å². The summed E-state index contributed by atoms with van der Waals surface area (Å²) in [6, 6.07) is 14.1. The Kier molecular flexibility index (Phi) is 7.76. The molecule has 0 saturated carbocycles. The molecule has 144 valence electrons. The Hall–Kier alpha value is -2.93. The third kappa shape index (κ3) is 6.07.